The van der Waals surface area contributed by atoms with Crippen LogP contribution in [0.1, 0.15) is 32.6 Å². The Morgan fingerprint density at radius 2 is 2.43 bits per heavy atom. The van der Waals surface area contributed by atoms with Gasteiger partial charge in [0, 0.05) is 0 Å². The first-order valence-corrected chi connectivity index (χ1v) is 10.3. The molecule has 2 fully saturated rings. The van der Waals surface area contributed by atoms with Gasteiger partial charge in [0.2, 0.25) is 0 Å². The van der Waals surface area contributed by atoms with Gasteiger partial charge in [0.1, 0.15) is 0 Å². The van der Waals surface area contributed by atoms with Crippen LogP contribution in [0.15, 0.2) is 0 Å². The minimum absolute atomic E-state index is 0.801. The van der Waals surface area contributed by atoms with E-state index < -0.39 is 20.2 Å². The molecule has 2 aliphatic heterocycles. The monoisotopic (exact) mass is 423 g/mol. The Balaban J connectivity index is 1.94. The third kappa shape index (κ3) is 2.74. The fourth-order valence-electron chi connectivity index (χ4n) is 2.61. The van der Waals surface area contributed by atoms with Crippen LogP contribution < -0.4 is 5.32 Å². The molecule has 2 rings (SSSR count). The van der Waals surface area contributed by atoms with E-state index in [2.05, 4.69) is 35.2 Å². The molecule has 0 aromatic heterocycles. The third-order valence-corrected chi connectivity index (χ3v) is 11.1. The van der Waals surface area contributed by atoms with Crippen LogP contribution in [0.2, 0.25) is 0 Å². The van der Waals surface area contributed by atoms with Crippen LogP contribution in [-0.4, -0.2) is 20.9 Å². The zero-order chi connectivity index (χ0) is 9.97. The van der Waals surface area contributed by atoms with Gasteiger partial charge in [-0.15, -0.1) is 0 Å². The summed E-state index contributed by atoms with van der Waals surface area (Å²) in [7, 11) is 0. The van der Waals surface area contributed by atoms with Gasteiger partial charge >= 0.3 is 109 Å². The van der Waals surface area contributed by atoms with E-state index in [9.17, 15) is 0 Å². The Labute approximate surface area is 109 Å². The van der Waals surface area contributed by atoms with Crippen LogP contribution in [0, 0.1) is 5.92 Å². The van der Waals surface area contributed by atoms with Gasteiger partial charge in [-0.3, -0.25) is 0 Å². The molecule has 1 N–H and O–H groups in total. The molecule has 0 aliphatic carbocycles. The number of fused-ring (bicyclic) bond motifs is 1. The van der Waals surface area contributed by atoms with Crippen molar-refractivity contribution in [3.63, 3.8) is 0 Å². The molecule has 2 heterocycles. The molecule has 0 amide bonds. The van der Waals surface area contributed by atoms with Crippen LogP contribution in [0.25, 0.3) is 0 Å². The van der Waals surface area contributed by atoms with Crippen LogP contribution >= 0.6 is 43.2 Å². The Hall–Kier alpha value is 1.38. The molecule has 0 radical (unpaired) electrons. The maximum absolute atomic E-state index is 5.65. The minimum atomic E-state index is -0.987. The molecule has 4 heteroatoms. The van der Waals surface area contributed by atoms with Gasteiger partial charge in [0.05, 0.1) is 0 Å². The van der Waals surface area contributed by atoms with Crippen molar-refractivity contribution < 1.29 is 1.40 Å². The third-order valence-electron chi connectivity index (χ3n) is 3.41. The molecule has 2 nitrogen and oxygen atoms in total. The van der Waals surface area contributed by atoms with Gasteiger partial charge < -0.3 is 0 Å². The molecular formula is C10H19I2NO. The number of rotatable bonds is 2. The second-order valence-electron chi connectivity index (χ2n) is 4.33. The van der Waals surface area contributed by atoms with E-state index in [1.807, 2.05) is 0 Å². The number of hydrogen-bond donors (Lipinski definition) is 1. The summed E-state index contributed by atoms with van der Waals surface area (Å²) in [6.45, 7) is 2.30. The first-order valence-electron chi connectivity index (χ1n) is 5.50. The van der Waals surface area contributed by atoms with Crippen molar-refractivity contribution in [1.82, 2.24) is 5.32 Å². The average molecular weight is 423 g/mol. The van der Waals surface area contributed by atoms with Crippen molar-refractivity contribution >= 4 is 43.2 Å². The summed E-state index contributed by atoms with van der Waals surface area (Å²) in [6.07, 6.45) is 5.51. The molecular weight excluding hydrogens is 404 g/mol. The first-order chi connectivity index (χ1) is 6.83. The van der Waals surface area contributed by atoms with Crippen molar-refractivity contribution in [2.45, 2.75) is 44.7 Å². The average Bonchev–Trinajstić information content (AvgIpc) is 2.50. The Morgan fingerprint density at radius 3 is 3.14 bits per heavy atom. The van der Waals surface area contributed by atoms with Gasteiger partial charge in [-0.25, -0.2) is 0 Å². The SMILES string of the molecule is CCC1CC2CI(OI)CCCC2N1. The van der Waals surface area contributed by atoms with Crippen molar-refractivity contribution in [3.05, 3.63) is 0 Å². The molecule has 14 heavy (non-hydrogen) atoms. The standard InChI is InChI=1S/C10H19I2NO/c1-2-9-6-8-7-12(14-11)5-3-4-10(8)13-9/h8-10,13H,2-7H2,1H3. The van der Waals surface area contributed by atoms with Crippen LogP contribution in [0.4, 0.5) is 0 Å². The van der Waals surface area contributed by atoms with Gasteiger partial charge in [0.25, 0.3) is 0 Å². The van der Waals surface area contributed by atoms with Gasteiger partial charge in [-0.1, -0.05) is 0 Å². The fourth-order valence-corrected chi connectivity index (χ4v) is 8.91. The maximum atomic E-state index is 5.65. The van der Waals surface area contributed by atoms with E-state index in [-0.39, 0.29) is 0 Å². The summed E-state index contributed by atoms with van der Waals surface area (Å²) >= 11 is 1.15. The van der Waals surface area contributed by atoms with Crippen molar-refractivity contribution in [3.8, 4) is 0 Å². The van der Waals surface area contributed by atoms with E-state index in [0.29, 0.717) is 0 Å². The Kier molecular flexibility index (Phi) is 4.77. The topological polar surface area (TPSA) is 21.3 Å². The van der Waals surface area contributed by atoms with Crippen LogP contribution in [-0.2, 0) is 1.40 Å². The molecule has 84 valence electrons. The quantitative estimate of drug-likeness (QED) is 0.544. The predicted molar refractivity (Wildman–Crippen MR) is 77.2 cm³/mol. The molecule has 0 spiro atoms. The summed E-state index contributed by atoms with van der Waals surface area (Å²) in [5.41, 5.74) is 0. The van der Waals surface area contributed by atoms with Gasteiger partial charge in [0.15, 0.2) is 0 Å². The van der Waals surface area contributed by atoms with Gasteiger partial charge in [-0.2, -0.15) is 0 Å². The summed E-state index contributed by atoms with van der Waals surface area (Å²) in [4.78, 5) is 0. The van der Waals surface area contributed by atoms with Crippen molar-refractivity contribution in [2.75, 3.05) is 8.86 Å². The summed E-state index contributed by atoms with van der Waals surface area (Å²) in [5, 5.41) is 3.79. The van der Waals surface area contributed by atoms with E-state index in [4.69, 9.17) is 1.40 Å². The summed E-state index contributed by atoms with van der Waals surface area (Å²) < 4.78 is 8.49. The molecule has 0 saturated carbocycles. The molecule has 0 bridgehead atoms. The Bertz CT molecular complexity index is 191. The number of halogens is 2. The summed E-state index contributed by atoms with van der Waals surface area (Å²) in [5.74, 6) is 0.947. The molecule has 0 aromatic carbocycles. The van der Waals surface area contributed by atoms with Crippen molar-refractivity contribution in [1.29, 1.82) is 0 Å². The second kappa shape index (κ2) is 5.63. The summed E-state index contributed by atoms with van der Waals surface area (Å²) in [6, 6.07) is 1.63. The zero-order valence-corrected chi connectivity index (χ0v) is 13.0. The van der Waals surface area contributed by atoms with Gasteiger partial charge in [-0.05, 0) is 0 Å². The van der Waals surface area contributed by atoms with Crippen LogP contribution in [0.3, 0.4) is 0 Å². The number of nitrogens with one attached hydrogen (secondary N) is 1. The van der Waals surface area contributed by atoms with Crippen LogP contribution in [0.5, 0.6) is 0 Å². The van der Waals surface area contributed by atoms with Crippen molar-refractivity contribution in [2.24, 2.45) is 5.92 Å². The second-order valence-corrected chi connectivity index (χ2v) is 11.2. The Morgan fingerprint density at radius 1 is 1.57 bits per heavy atom. The molecule has 3 atom stereocenters. The van der Waals surface area contributed by atoms with E-state index in [1.165, 1.54) is 34.5 Å². The van der Waals surface area contributed by atoms with E-state index in [1.54, 1.807) is 0 Å². The fraction of sp³-hybridized carbons (Fsp3) is 1.00. The van der Waals surface area contributed by atoms with E-state index >= 15 is 0 Å². The molecule has 3 unspecified atom stereocenters. The number of hydrogen-bond acceptors (Lipinski definition) is 2. The molecule has 0 aromatic rings. The number of alkyl halides is 2. The molecule has 2 saturated heterocycles. The zero-order valence-electron chi connectivity index (χ0n) is 8.64. The normalized spacial score (nSPS) is 40.7. The predicted octanol–water partition coefficient (Wildman–Crippen LogP) is 3.32. The molecule has 2 aliphatic rings. The van der Waals surface area contributed by atoms with E-state index in [0.717, 1.165) is 18.0 Å². The first kappa shape index (κ1) is 11.9.